The molecule has 1 heterocycles. The second-order valence-electron chi connectivity index (χ2n) is 6.58. The molecule has 1 aliphatic rings. The quantitative estimate of drug-likeness (QED) is 0.425. The Balaban J connectivity index is 1.62. The molecule has 8 nitrogen and oxygen atoms in total. The highest BCUT2D eigenvalue weighted by atomic mass is 32.2. The predicted octanol–water partition coefficient (Wildman–Crippen LogP) is 2.84. The van der Waals surface area contributed by atoms with Crippen LogP contribution in [-0.4, -0.2) is 54.8 Å². The Labute approximate surface area is 173 Å². The van der Waals surface area contributed by atoms with Gasteiger partial charge in [-0.2, -0.15) is 5.10 Å². The Morgan fingerprint density at radius 3 is 2.69 bits per heavy atom. The van der Waals surface area contributed by atoms with Crippen molar-refractivity contribution in [1.82, 2.24) is 10.3 Å². The van der Waals surface area contributed by atoms with Crippen molar-refractivity contribution in [3.8, 4) is 0 Å². The third-order valence-electron chi connectivity index (χ3n) is 4.30. The number of hydrazone groups is 1. The Kier molecular flexibility index (Phi) is 7.34. The first kappa shape index (κ1) is 21.0. The van der Waals surface area contributed by atoms with Gasteiger partial charge in [-0.3, -0.25) is 19.8 Å². The molecule has 1 amide bonds. The first-order valence-electron chi connectivity index (χ1n) is 9.16. The summed E-state index contributed by atoms with van der Waals surface area (Å²) >= 11 is 1.34. The van der Waals surface area contributed by atoms with Gasteiger partial charge >= 0.3 is 0 Å². The van der Waals surface area contributed by atoms with Gasteiger partial charge in [0.25, 0.3) is 11.6 Å². The van der Waals surface area contributed by atoms with Gasteiger partial charge in [0.1, 0.15) is 0 Å². The fourth-order valence-electron chi connectivity index (χ4n) is 2.75. The number of hydrogen-bond donors (Lipinski definition) is 1. The third kappa shape index (κ3) is 6.38. The molecule has 152 valence electrons. The van der Waals surface area contributed by atoms with Crippen LogP contribution in [0.15, 0.2) is 57.4 Å². The minimum atomic E-state index is -0.412. The lowest BCUT2D eigenvalue weighted by atomic mass is 10.2. The minimum absolute atomic E-state index is 0.000770. The second kappa shape index (κ2) is 10.1. The first-order chi connectivity index (χ1) is 14.0. The van der Waals surface area contributed by atoms with E-state index < -0.39 is 4.92 Å². The molecule has 3 rings (SSSR count). The average molecular weight is 414 g/mol. The Bertz CT molecular complexity index is 896. The number of benzene rings is 2. The molecule has 0 saturated carbocycles. The number of ether oxygens (including phenoxy) is 1. The maximum absolute atomic E-state index is 11.9. The zero-order valence-electron chi connectivity index (χ0n) is 16.0. The van der Waals surface area contributed by atoms with Crippen LogP contribution in [0.25, 0.3) is 0 Å². The van der Waals surface area contributed by atoms with Crippen LogP contribution in [0.1, 0.15) is 11.1 Å². The first-order valence-corrected chi connectivity index (χ1v) is 9.98. The largest absolute Gasteiger partial charge is 0.379 e. The van der Waals surface area contributed by atoms with Crippen molar-refractivity contribution < 1.29 is 14.5 Å². The Hall–Kier alpha value is -2.75. The van der Waals surface area contributed by atoms with Crippen molar-refractivity contribution in [3.05, 3.63) is 63.7 Å². The van der Waals surface area contributed by atoms with E-state index in [4.69, 9.17) is 4.74 Å². The van der Waals surface area contributed by atoms with Crippen LogP contribution in [0.4, 0.5) is 5.69 Å². The van der Waals surface area contributed by atoms with E-state index in [1.807, 2.05) is 36.1 Å². The zero-order chi connectivity index (χ0) is 20.6. The minimum Gasteiger partial charge on any atom is -0.379 e. The molecule has 0 radical (unpaired) electrons. The highest BCUT2D eigenvalue weighted by molar-refractivity contribution is 7.99. The van der Waals surface area contributed by atoms with Crippen LogP contribution < -0.4 is 5.43 Å². The molecule has 0 aliphatic carbocycles. The number of morpholine rings is 1. The van der Waals surface area contributed by atoms with Crippen LogP contribution in [-0.2, 0) is 9.53 Å². The summed E-state index contributed by atoms with van der Waals surface area (Å²) in [5.41, 5.74) is 4.13. The number of carbonyl (C=O) groups is 1. The number of nitrogens with zero attached hydrogens (tertiary/aromatic N) is 3. The van der Waals surface area contributed by atoms with Gasteiger partial charge in [0.2, 0.25) is 0 Å². The summed E-state index contributed by atoms with van der Waals surface area (Å²) in [4.78, 5) is 26.5. The predicted molar refractivity (Wildman–Crippen MR) is 111 cm³/mol. The van der Waals surface area contributed by atoms with Crippen LogP contribution in [0.5, 0.6) is 0 Å². The van der Waals surface area contributed by atoms with E-state index in [-0.39, 0.29) is 18.1 Å². The highest BCUT2D eigenvalue weighted by Gasteiger charge is 2.16. The number of amides is 1. The van der Waals surface area contributed by atoms with E-state index >= 15 is 0 Å². The van der Waals surface area contributed by atoms with E-state index in [0.717, 1.165) is 10.5 Å². The van der Waals surface area contributed by atoms with Crippen LogP contribution in [0.2, 0.25) is 0 Å². The summed E-state index contributed by atoms with van der Waals surface area (Å²) < 4.78 is 5.24. The number of rotatable bonds is 7. The molecule has 0 spiro atoms. The van der Waals surface area contributed by atoms with Crippen molar-refractivity contribution in [2.75, 3.05) is 32.8 Å². The Morgan fingerprint density at radius 1 is 1.28 bits per heavy atom. The smallest absolute Gasteiger partial charge is 0.283 e. The molecule has 1 saturated heterocycles. The average Bonchev–Trinajstić information content (AvgIpc) is 2.71. The monoisotopic (exact) mass is 414 g/mol. The van der Waals surface area contributed by atoms with Gasteiger partial charge in [-0.15, -0.1) is 0 Å². The van der Waals surface area contributed by atoms with Gasteiger partial charge in [0.05, 0.1) is 35.8 Å². The lowest BCUT2D eigenvalue weighted by Crippen LogP contribution is -2.42. The van der Waals surface area contributed by atoms with E-state index in [2.05, 4.69) is 10.5 Å². The lowest BCUT2D eigenvalue weighted by Gasteiger charge is -2.25. The molecule has 2 aromatic rings. The third-order valence-corrected chi connectivity index (χ3v) is 5.38. The molecular weight excluding hydrogens is 392 g/mol. The lowest BCUT2D eigenvalue weighted by molar-refractivity contribution is -0.387. The van der Waals surface area contributed by atoms with E-state index in [1.54, 1.807) is 12.1 Å². The maximum atomic E-state index is 11.9. The van der Waals surface area contributed by atoms with Crippen molar-refractivity contribution in [3.63, 3.8) is 0 Å². The molecule has 9 heteroatoms. The van der Waals surface area contributed by atoms with E-state index in [0.29, 0.717) is 36.8 Å². The van der Waals surface area contributed by atoms with E-state index in [1.165, 1.54) is 24.0 Å². The van der Waals surface area contributed by atoms with Crippen molar-refractivity contribution in [2.45, 2.75) is 16.7 Å². The number of nitro benzene ring substituents is 1. The standard InChI is InChI=1S/C20H22N4O4S/c1-15-2-5-17(6-3-15)29-19-7-4-16(12-18(19)24(26)27)13-21-22-20(25)14-23-8-10-28-11-9-23/h2-7,12-13H,8-11,14H2,1H3,(H,22,25)/b21-13+. The summed E-state index contributed by atoms with van der Waals surface area (Å²) in [7, 11) is 0. The van der Waals surface area contributed by atoms with Gasteiger partial charge in [-0.1, -0.05) is 35.5 Å². The summed E-state index contributed by atoms with van der Waals surface area (Å²) in [6.45, 7) is 4.89. The molecule has 0 bridgehead atoms. The Morgan fingerprint density at radius 2 is 2.00 bits per heavy atom. The summed E-state index contributed by atoms with van der Waals surface area (Å²) in [6.07, 6.45) is 1.41. The fraction of sp³-hybridized carbons (Fsp3) is 0.300. The molecule has 2 aromatic carbocycles. The van der Waals surface area contributed by atoms with Crippen molar-refractivity contribution in [2.24, 2.45) is 5.10 Å². The van der Waals surface area contributed by atoms with Crippen LogP contribution >= 0.6 is 11.8 Å². The maximum Gasteiger partial charge on any atom is 0.283 e. The molecule has 1 fully saturated rings. The molecule has 0 aromatic heterocycles. The van der Waals surface area contributed by atoms with E-state index in [9.17, 15) is 14.9 Å². The topological polar surface area (TPSA) is 97.1 Å². The fourth-order valence-corrected chi connectivity index (χ4v) is 3.65. The van der Waals surface area contributed by atoms with Crippen LogP contribution in [0, 0.1) is 17.0 Å². The molecular formula is C20H22N4O4S. The van der Waals surface area contributed by atoms with Gasteiger partial charge < -0.3 is 4.74 Å². The second-order valence-corrected chi connectivity index (χ2v) is 7.70. The molecule has 1 N–H and O–H groups in total. The molecule has 1 aliphatic heterocycles. The number of nitro groups is 1. The number of carbonyl (C=O) groups excluding carboxylic acids is 1. The van der Waals surface area contributed by atoms with Crippen molar-refractivity contribution >= 4 is 29.6 Å². The summed E-state index contributed by atoms with van der Waals surface area (Å²) in [6, 6.07) is 12.7. The SMILES string of the molecule is Cc1ccc(Sc2ccc(/C=N/NC(=O)CN3CCOCC3)cc2[N+](=O)[O-])cc1. The number of hydrogen-bond acceptors (Lipinski definition) is 7. The number of nitrogens with one attached hydrogen (secondary N) is 1. The molecule has 0 atom stereocenters. The number of aryl methyl sites for hydroxylation is 1. The molecule has 0 unspecified atom stereocenters. The van der Waals surface area contributed by atoms with Gasteiger partial charge in [-0.25, -0.2) is 5.43 Å². The van der Waals surface area contributed by atoms with Gasteiger partial charge in [-0.05, 0) is 25.1 Å². The summed E-state index contributed by atoms with van der Waals surface area (Å²) in [5.74, 6) is -0.232. The van der Waals surface area contributed by atoms with Crippen LogP contribution in [0.3, 0.4) is 0 Å². The normalized spacial score (nSPS) is 14.8. The highest BCUT2D eigenvalue weighted by Crippen LogP contribution is 2.35. The summed E-state index contributed by atoms with van der Waals surface area (Å²) in [5, 5.41) is 15.4. The zero-order valence-corrected chi connectivity index (χ0v) is 16.9. The van der Waals surface area contributed by atoms with Gasteiger partial charge in [0.15, 0.2) is 0 Å². The van der Waals surface area contributed by atoms with Gasteiger partial charge in [0, 0.05) is 29.6 Å². The van der Waals surface area contributed by atoms with Crippen molar-refractivity contribution in [1.29, 1.82) is 0 Å². The molecule has 29 heavy (non-hydrogen) atoms.